The van der Waals surface area contributed by atoms with Gasteiger partial charge >= 0.3 is 6.43 Å². The van der Waals surface area contributed by atoms with E-state index in [1.54, 1.807) is 12.1 Å². The van der Waals surface area contributed by atoms with Crippen molar-refractivity contribution in [2.45, 2.75) is 58.0 Å². The van der Waals surface area contributed by atoms with Crippen LogP contribution in [0.1, 0.15) is 72.6 Å². The summed E-state index contributed by atoms with van der Waals surface area (Å²) in [5, 5.41) is 6.49. The first-order valence-electron chi connectivity index (χ1n) is 21.1. The number of pyridine rings is 2. The molecule has 0 bridgehead atoms. The van der Waals surface area contributed by atoms with Crippen molar-refractivity contribution in [1.29, 1.82) is 0 Å². The molecule has 0 saturated carbocycles. The molecule has 15 nitrogen and oxygen atoms in total. The highest BCUT2D eigenvalue weighted by Crippen LogP contribution is 2.29. The van der Waals surface area contributed by atoms with Gasteiger partial charge in [-0.25, -0.2) is 25.6 Å². The van der Waals surface area contributed by atoms with E-state index in [4.69, 9.17) is 33.4 Å². The maximum Gasteiger partial charge on any atom is 0.314 e. The topological polar surface area (TPSA) is 189 Å². The van der Waals surface area contributed by atoms with Crippen LogP contribution in [-0.4, -0.2) is 110 Å². The van der Waals surface area contributed by atoms with Crippen LogP contribution in [0.15, 0.2) is 77.5 Å². The predicted molar refractivity (Wildman–Crippen MR) is 243 cm³/mol. The van der Waals surface area contributed by atoms with Gasteiger partial charge in [0, 0.05) is 18.0 Å². The van der Waals surface area contributed by atoms with Crippen molar-refractivity contribution in [2.75, 3.05) is 65.9 Å². The van der Waals surface area contributed by atoms with E-state index in [-0.39, 0.29) is 64.2 Å². The number of halogens is 6. The van der Waals surface area contributed by atoms with E-state index in [1.807, 2.05) is 0 Å². The van der Waals surface area contributed by atoms with Crippen LogP contribution in [-0.2, 0) is 33.1 Å². The van der Waals surface area contributed by atoms with Crippen molar-refractivity contribution in [3.05, 3.63) is 118 Å². The first-order valence-corrected chi connectivity index (χ1v) is 25.1. The molecule has 356 valence electrons. The van der Waals surface area contributed by atoms with Gasteiger partial charge in [0.15, 0.2) is 5.78 Å². The molecule has 2 N–H and O–H groups in total. The quantitative estimate of drug-likeness (QED) is 0.0596. The van der Waals surface area contributed by atoms with Gasteiger partial charge in [-0.05, 0) is 138 Å². The second-order valence-corrected chi connectivity index (χ2v) is 20.4. The number of nitrogens with zero attached hydrogens (tertiary/aromatic N) is 8. The van der Waals surface area contributed by atoms with Crippen LogP contribution in [0.2, 0.25) is 10.0 Å². The molecule has 0 amide bonds. The second kappa shape index (κ2) is 23.3. The van der Waals surface area contributed by atoms with Crippen LogP contribution >= 0.6 is 23.2 Å². The summed E-state index contributed by atoms with van der Waals surface area (Å²) in [5.74, 6) is -2.63. The number of aromatic nitrogens is 4. The minimum atomic E-state index is -3.80. The molecule has 3 aromatic heterocycles. The first kappa shape index (κ1) is 50.6. The molecule has 5 aromatic rings. The van der Waals surface area contributed by atoms with E-state index in [0.29, 0.717) is 48.4 Å². The number of alkyl halides is 2. The van der Waals surface area contributed by atoms with Crippen molar-refractivity contribution in [3.8, 4) is 11.5 Å². The smallest absolute Gasteiger partial charge is 0.314 e. The minimum Gasteiger partial charge on any atom is -0.415 e. The molecule has 7 rings (SSSR count). The van der Waals surface area contributed by atoms with Gasteiger partial charge in [0.25, 0.3) is 5.89 Å². The molecule has 2 aliphatic heterocycles. The van der Waals surface area contributed by atoms with Gasteiger partial charge in [0.1, 0.15) is 11.6 Å². The lowest BCUT2D eigenvalue weighted by molar-refractivity contribution is 0.100. The first-order chi connectivity index (χ1) is 31.5. The third-order valence-corrected chi connectivity index (χ3v) is 15.1. The van der Waals surface area contributed by atoms with Crippen LogP contribution in [0.5, 0.6) is 0 Å². The fourth-order valence-electron chi connectivity index (χ4n) is 7.33. The Hall–Kier alpha value is -4.77. The van der Waals surface area contributed by atoms with Crippen LogP contribution in [0.25, 0.3) is 11.5 Å². The minimum absolute atomic E-state index is 0.0533. The molecular formula is C43H49Cl2F4N9O6S2. The number of ketones is 1. The SMILES string of the molecule is NCC(=O)c1ccc(CN(c2ccc(F)c(Cl)c2)S(=O)(=O)CCCN2CCCC2)nc1.O=S(=O)(CCCN1CCCC1)N(Cc1ccc(-c2nnc(C(F)F)o2)cn1)c1ccc(F)c(Cl)c1. The van der Waals surface area contributed by atoms with E-state index in [1.165, 1.54) is 53.1 Å². The molecule has 0 radical (unpaired) electrons. The van der Waals surface area contributed by atoms with Crippen LogP contribution in [0.4, 0.5) is 28.9 Å². The van der Waals surface area contributed by atoms with Gasteiger partial charge in [0.05, 0.1) is 69.5 Å². The predicted octanol–water partition coefficient (Wildman–Crippen LogP) is 7.52. The number of hydrogen-bond acceptors (Lipinski definition) is 13. The number of nitrogens with two attached hydrogens (primary N) is 1. The molecule has 0 aliphatic carbocycles. The molecular weight excluding hydrogens is 950 g/mol. The van der Waals surface area contributed by atoms with Gasteiger partial charge < -0.3 is 20.0 Å². The van der Waals surface area contributed by atoms with E-state index in [0.717, 1.165) is 68.3 Å². The Balaban J connectivity index is 0.000000220. The Bertz CT molecular complexity index is 2620. The standard InChI is InChI=1S/C22H23ClF3N5O3S.C21H26ClFN4O3S/c23-18-12-17(6-7-19(18)24)31(35(32,33)11-3-10-30-8-1-2-9-30)14-16-5-4-15(13-27-16)21-28-29-22(34-21)20(25)26;22-19-12-18(6-7-20(19)23)27(15-17-5-4-16(14-25-17)21(28)13-24)31(29,30)11-3-10-26-8-1-2-9-26/h4-7,12-13,20H,1-3,8-11,14H2;4-7,12,14H,1-3,8-11,13,15,24H2. The maximum atomic E-state index is 13.7. The van der Waals surface area contributed by atoms with Gasteiger partial charge in [0.2, 0.25) is 25.9 Å². The summed E-state index contributed by atoms with van der Waals surface area (Å²) < 4.78 is 113. The largest absolute Gasteiger partial charge is 0.415 e. The van der Waals surface area contributed by atoms with E-state index in [9.17, 15) is 39.2 Å². The summed E-state index contributed by atoms with van der Waals surface area (Å²) in [6, 6.07) is 13.7. The van der Waals surface area contributed by atoms with E-state index < -0.39 is 44.0 Å². The molecule has 2 aromatic carbocycles. The number of carbonyl (C=O) groups is 1. The average molecular weight is 999 g/mol. The Morgan fingerprint density at radius 3 is 1.59 bits per heavy atom. The number of likely N-dealkylation sites (tertiary alicyclic amines) is 2. The molecule has 0 spiro atoms. The maximum absolute atomic E-state index is 13.7. The lowest BCUT2D eigenvalue weighted by Gasteiger charge is -2.25. The lowest BCUT2D eigenvalue weighted by Crippen LogP contribution is -2.34. The van der Waals surface area contributed by atoms with E-state index in [2.05, 4.69) is 30.0 Å². The van der Waals surface area contributed by atoms with Crippen molar-refractivity contribution in [3.63, 3.8) is 0 Å². The van der Waals surface area contributed by atoms with Gasteiger partial charge in [-0.1, -0.05) is 23.2 Å². The number of Topliss-reactive ketones (excluding diaryl/α,β-unsaturated/α-hetero) is 1. The van der Waals surface area contributed by atoms with Crippen molar-refractivity contribution >= 4 is 60.4 Å². The Morgan fingerprint density at radius 1 is 0.712 bits per heavy atom. The van der Waals surface area contributed by atoms with Crippen molar-refractivity contribution in [2.24, 2.45) is 5.73 Å². The summed E-state index contributed by atoms with van der Waals surface area (Å²) in [6.07, 6.45) is 5.25. The Kier molecular flexibility index (Phi) is 17.9. The molecule has 2 aliphatic rings. The van der Waals surface area contributed by atoms with Crippen molar-refractivity contribution in [1.82, 2.24) is 30.0 Å². The summed E-state index contributed by atoms with van der Waals surface area (Å²) in [5.41, 5.74) is 7.30. The second-order valence-electron chi connectivity index (χ2n) is 15.6. The van der Waals surface area contributed by atoms with Crippen LogP contribution < -0.4 is 14.3 Å². The highest BCUT2D eigenvalue weighted by molar-refractivity contribution is 7.93. The monoisotopic (exact) mass is 997 g/mol. The molecule has 2 fully saturated rings. The Morgan fingerprint density at radius 2 is 1.20 bits per heavy atom. The zero-order valence-electron chi connectivity index (χ0n) is 35.7. The number of carbonyl (C=O) groups excluding carboxylic acids is 1. The van der Waals surface area contributed by atoms with E-state index >= 15 is 0 Å². The highest BCUT2D eigenvalue weighted by Gasteiger charge is 2.27. The number of benzene rings is 2. The molecule has 0 unspecified atom stereocenters. The van der Waals surface area contributed by atoms with Crippen LogP contribution in [0, 0.1) is 11.6 Å². The molecule has 5 heterocycles. The summed E-state index contributed by atoms with van der Waals surface area (Å²) in [4.78, 5) is 24.6. The number of sulfonamides is 2. The summed E-state index contributed by atoms with van der Waals surface area (Å²) in [6.45, 7) is 4.97. The summed E-state index contributed by atoms with van der Waals surface area (Å²) >= 11 is 11.8. The zero-order chi connectivity index (χ0) is 47.4. The molecule has 2 saturated heterocycles. The number of rotatable bonds is 20. The third-order valence-electron chi connectivity index (χ3n) is 10.8. The fourth-order valence-corrected chi connectivity index (χ4v) is 10.6. The molecule has 66 heavy (non-hydrogen) atoms. The van der Waals surface area contributed by atoms with Gasteiger partial charge in [-0.2, -0.15) is 8.78 Å². The highest BCUT2D eigenvalue weighted by atomic mass is 35.5. The lowest BCUT2D eigenvalue weighted by atomic mass is 10.2. The fraction of sp³-hybridized carbons (Fsp3) is 0.419. The molecule has 23 heteroatoms. The summed E-state index contributed by atoms with van der Waals surface area (Å²) in [7, 11) is -7.53. The zero-order valence-corrected chi connectivity index (χ0v) is 38.9. The normalized spacial score (nSPS) is 14.7. The molecule has 0 atom stereocenters. The third kappa shape index (κ3) is 13.9. The average Bonchev–Trinajstić information content (AvgIpc) is 4.12. The number of hydrogen-bond donors (Lipinski definition) is 1. The van der Waals surface area contributed by atoms with Gasteiger partial charge in [-0.15, -0.1) is 10.2 Å². The number of anilines is 2. The van der Waals surface area contributed by atoms with Gasteiger partial charge in [-0.3, -0.25) is 23.4 Å². The van der Waals surface area contributed by atoms with Crippen molar-refractivity contribution < 1.29 is 43.6 Å². The van der Waals surface area contributed by atoms with Crippen LogP contribution in [0.3, 0.4) is 0 Å². The Labute approximate surface area is 391 Å².